The molecule has 1 aliphatic heterocycles. The zero-order valence-electron chi connectivity index (χ0n) is 14.2. The number of anilines is 1. The summed E-state index contributed by atoms with van der Waals surface area (Å²) in [7, 11) is 0. The van der Waals surface area contributed by atoms with Crippen LogP contribution in [0.3, 0.4) is 0 Å². The monoisotopic (exact) mass is 362 g/mol. The van der Waals surface area contributed by atoms with Crippen molar-refractivity contribution in [2.75, 3.05) is 31.1 Å². The number of piperidine rings is 1. The van der Waals surface area contributed by atoms with Crippen LogP contribution < -0.4 is 15.5 Å². The molecule has 0 radical (unpaired) electrons. The minimum absolute atomic E-state index is 0.515. The van der Waals surface area contributed by atoms with E-state index in [9.17, 15) is 0 Å². The topological polar surface area (TPSA) is 39.7 Å². The second-order valence-corrected chi connectivity index (χ2v) is 7.91. The molecule has 0 aliphatic carbocycles. The third-order valence-electron chi connectivity index (χ3n) is 4.21. The van der Waals surface area contributed by atoms with Crippen molar-refractivity contribution in [2.24, 2.45) is 4.99 Å². The van der Waals surface area contributed by atoms with Crippen LogP contribution in [0.2, 0.25) is 0 Å². The zero-order valence-corrected chi connectivity index (χ0v) is 15.8. The molecular weight excluding hydrogens is 336 g/mol. The van der Waals surface area contributed by atoms with Gasteiger partial charge in [-0.3, -0.25) is 4.99 Å². The van der Waals surface area contributed by atoms with Crippen LogP contribution in [0.15, 0.2) is 40.0 Å². The van der Waals surface area contributed by atoms with Gasteiger partial charge in [-0.1, -0.05) is 6.07 Å². The Morgan fingerprint density at radius 3 is 2.67 bits per heavy atom. The Kier molecular flexibility index (Phi) is 6.55. The quantitative estimate of drug-likeness (QED) is 0.609. The van der Waals surface area contributed by atoms with Crippen molar-refractivity contribution in [3.05, 3.63) is 39.9 Å². The molecule has 0 unspecified atom stereocenters. The summed E-state index contributed by atoms with van der Waals surface area (Å²) in [5.74, 6) is 0.962. The second kappa shape index (κ2) is 9.08. The Balaban J connectivity index is 1.47. The van der Waals surface area contributed by atoms with Gasteiger partial charge >= 0.3 is 0 Å². The van der Waals surface area contributed by atoms with Crippen molar-refractivity contribution >= 4 is 33.6 Å². The van der Waals surface area contributed by atoms with Crippen molar-refractivity contribution in [1.82, 2.24) is 10.6 Å². The highest BCUT2D eigenvalue weighted by Crippen LogP contribution is 2.24. The standard InChI is InChI=1S/C18H26N4S2/c1-2-19-18(20-10-7-16-5-3-13-23-16)21-15-8-11-22(12-9-15)17-6-4-14-24-17/h3-6,13-15H,2,7-12H2,1H3,(H2,19,20,21). The van der Waals surface area contributed by atoms with Crippen LogP contribution in [0.4, 0.5) is 5.00 Å². The maximum absolute atomic E-state index is 4.74. The lowest BCUT2D eigenvalue weighted by Gasteiger charge is -2.33. The van der Waals surface area contributed by atoms with Crippen LogP contribution in [-0.4, -0.2) is 38.2 Å². The number of guanidine groups is 1. The van der Waals surface area contributed by atoms with Crippen molar-refractivity contribution in [3.8, 4) is 0 Å². The van der Waals surface area contributed by atoms with Gasteiger partial charge in [0.1, 0.15) is 0 Å². The fourth-order valence-corrected chi connectivity index (χ4v) is 4.42. The SMILES string of the molecule is CCNC(=NCCc1cccs1)NC1CCN(c2cccs2)CC1. The maximum atomic E-state index is 4.74. The molecule has 24 heavy (non-hydrogen) atoms. The first-order valence-electron chi connectivity index (χ1n) is 8.71. The molecule has 4 nitrogen and oxygen atoms in total. The van der Waals surface area contributed by atoms with Gasteiger partial charge in [0, 0.05) is 43.5 Å². The average molecular weight is 363 g/mol. The van der Waals surface area contributed by atoms with E-state index in [2.05, 4.69) is 57.5 Å². The Morgan fingerprint density at radius 1 is 1.21 bits per heavy atom. The Labute approximate surface area is 152 Å². The first-order valence-corrected chi connectivity index (χ1v) is 10.5. The maximum Gasteiger partial charge on any atom is 0.191 e. The van der Waals surface area contributed by atoms with E-state index in [1.165, 1.54) is 9.88 Å². The minimum atomic E-state index is 0.515. The summed E-state index contributed by atoms with van der Waals surface area (Å²) in [4.78, 5) is 8.63. The smallest absolute Gasteiger partial charge is 0.191 e. The molecule has 0 spiro atoms. The minimum Gasteiger partial charge on any atom is -0.363 e. The number of nitrogens with zero attached hydrogens (tertiary/aromatic N) is 2. The summed E-state index contributed by atoms with van der Waals surface area (Å²) in [5, 5.41) is 12.7. The number of hydrogen-bond donors (Lipinski definition) is 2. The van der Waals surface area contributed by atoms with Gasteiger partial charge in [-0.05, 0) is 48.7 Å². The molecule has 2 aromatic heterocycles. The summed E-state index contributed by atoms with van der Waals surface area (Å²) in [6, 6.07) is 9.15. The molecule has 0 amide bonds. The molecular formula is C18H26N4S2. The van der Waals surface area contributed by atoms with E-state index >= 15 is 0 Å². The number of rotatable bonds is 6. The average Bonchev–Trinajstić information content (AvgIpc) is 3.29. The Bertz CT molecular complexity index is 599. The number of hydrogen-bond acceptors (Lipinski definition) is 4. The summed E-state index contributed by atoms with van der Waals surface area (Å²) in [5.41, 5.74) is 0. The highest BCUT2D eigenvalue weighted by atomic mass is 32.1. The first kappa shape index (κ1) is 17.3. The van der Waals surface area contributed by atoms with Gasteiger partial charge in [0.15, 0.2) is 5.96 Å². The third-order valence-corrected chi connectivity index (χ3v) is 6.07. The lowest BCUT2D eigenvalue weighted by atomic mass is 10.1. The highest BCUT2D eigenvalue weighted by molar-refractivity contribution is 7.14. The number of nitrogens with one attached hydrogen (secondary N) is 2. The van der Waals surface area contributed by atoms with E-state index < -0.39 is 0 Å². The van der Waals surface area contributed by atoms with Crippen LogP contribution >= 0.6 is 22.7 Å². The first-order chi connectivity index (χ1) is 11.8. The van der Waals surface area contributed by atoms with Crippen LogP contribution in [-0.2, 0) is 6.42 Å². The van der Waals surface area contributed by atoms with E-state index in [-0.39, 0.29) is 0 Å². The molecule has 130 valence electrons. The highest BCUT2D eigenvalue weighted by Gasteiger charge is 2.20. The Morgan fingerprint density at radius 2 is 2.00 bits per heavy atom. The summed E-state index contributed by atoms with van der Waals surface area (Å²) in [6.07, 6.45) is 3.34. The van der Waals surface area contributed by atoms with Crippen molar-refractivity contribution in [1.29, 1.82) is 0 Å². The van der Waals surface area contributed by atoms with Gasteiger partial charge in [-0.25, -0.2) is 0 Å². The van der Waals surface area contributed by atoms with Gasteiger partial charge in [0.25, 0.3) is 0 Å². The number of thiophene rings is 2. The normalized spacial score (nSPS) is 16.4. The zero-order chi connectivity index (χ0) is 16.6. The van der Waals surface area contributed by atoms with E-state index in [0.717, 1.165) is 51.4 Å². The fraction of sp³-hybridized carbons (Fsp3) is 0.500. The van der Waals surface area contributed by atoms with E-state index in [1.54, 1.807) is 0 Å². The largest absolute Gasteiger partial charge is 0.363 e. The van der Waals surface area contributed by atoms with Gasteiger partial charge in [0.05, 0.1) is 5.00 Å². The fourth-order valence-electron chi connectivity index (χ4n) is 2.94. The van der Waals surface area contributed by atoms with Crippen LogP contribution in [0, 0.1) is 0 Å². The molecule has 0 saturated carbocycles. The van der Waals surface area contributed by atoms with Crippen LogP contribution in [0.5, 0.6) is 0 Å². The van der Waals surface area contributed by atoms with E-state index in [4.69, 9.17) is 4.99 Å². The molecule has 0 aromatic carbocycles. The number of aliphatic imine (C=N–C) groups is 1. The van der Waals surface area contributed by atoms with E-state index in [0.29, 0.717) is 6.04 Å². The molecule has 0 atom stereocenters. The molecule has 2 aromatic rings. The molecule has 1 saturated heterocycles. The lowest BCUT2D eigenvalue weighted by molar-refractivity contribution is 0.463. The predicted molar refractivity (Wildman–Crippen MR) is 107 cm³/mol. The summed E-state index contributed by atoms with van der Waals surface area (Å²) < 4.78 is 0. The molecule has 0 bridgehead atoms. The van der Waals surface area contributed by atoms with Gasteiger partial charge in [0.2, 0.25) is 0 Å². The van der Waals surface area contributed by atoms with Gasteiger partial charge < -0.3 is 15.5 Å². The van der Waals surface area contributed by atoms with Crippen molar-refractivity contribution in [3.63, 3.8) is 0 Å². The van der Waals surface area contributed by atoms with Crippen LogP contribution in [0.25, 0.3) is 0 Å². The molecule has 3 rings (SSSR count). The van der Waals surface area contributed by atoms with Crippen molar-refractivity contribution in [2.45, 2.75) is 32.2 Å². The molecule has 6 heteroatoms. The van der Waals surface area contributed by atoms with Gasteiger partial charge in [-0.2, -0.15) is 0 Å². The summed E-state index contributed by atoms with van der Waals surface area (Å²) >= 11 is 3.64. The molecule has 2 N–H and O–H groups in total. The van der Waals surface area contributed by atoms with Crippen molar-refractivity contribution < 1.29 is 0 Å². The molecule has 1 aliphatic rings. The molecule has 3 heterocycles. The van der Waals surface area contributed by atoms with Gasteiger partial charge in [-0.15, -0.1) is 22.7 Å². The lowest BCUT2D eigenvalue weighted by Crippen LogP contribution is -2.48. The third kappa shape index (κ3) is 4.98. The summed E-state index contributed by atoms with van der Waals surface area (Å²) in [6.45, 7) is 6.10. The molecule has 1 fully saturated rings. The van der Waals surface area contributed by atoms with E-state index in [1.807, 2.05) is 22.7 Å². The second-order valence-electron chi connectivity index (χ2n) is 5.95. The van der Waals surface area contributed by atoms with Crippen LogP contribution in [0.1, 0.15) is 24.6 Å². The Hall–Kier alpha value is -1.53. The predicted octanol–water partition coefficient (Wildman–Crippen LogP) is 3.58.